The van der Waals surface area contributed by atoms with E-state index >= 15 is 0 Å². The van der Waals surface area contributed by atoms with Crippen LogP contribution in [-0.4, -0.2) is 16.2 Å². The molecule has 1 spiro atoms. The molecule has 1 atom stereocenters. The highest BCUT2D eigenvalue weighted by Gasteiger charge is 2.55. The first-order valence-electron chi connectivity index (χ1n) is 9.60. The number of rotatable bonds is 2. The van der Waals surface area contributed by atoms with Crippen LogP contribution in [0.2, 0.25) is 0 Å². The predicted molar refractivity (Wildman–Crippen MR) is 113 cm³/mol. The first-order chi connectivity index (χ1) is 15.0. The van der Waals surface area contributed by atoms with Gasteiger partial charge in [-0.3, -0.25) is 0 Å². The van der Waals surface area contributed by atoms with E-state index in [9.17, 15) is 15.0 Å². The summed E-state index contributed by atoms with van der Waals surface area (Å²) in [5, 5.41) is 20.7. The van der Waals surface area contributed by atoms with E-state index < -0.39 is 11.6 Å². The lowest BCUT2D eigenvalue weighted by Crippen LogP contribution is -2.34. The number of carbonyl (C=O) groups is 1. The maximum absolute atomic E-state index is 12.9. The Hall–Kier alpha value is -4.35. The van der Waals surface area contributed by atoms with Crippen LogP contribution in [0.5, 0.6) is 23.0 Å². The van der Waals surface area contributed by atoms with Gasteiger partial charge in [0.15, 0.2) is 5.60 Å². The molecule has 1 unspecified atom stereocenters. The van der Waals surface area contributed by atoms with Gasteiger partial charge in [-0.15, -0.1) is 24.7 Å². The molecule has 5 rings (SSSR count). The lowest BCUT2D eigenvalue weighted by Gasteiger charge is -2.38. The van der Waals surface area contributed by atoms with Crippen molar-refractivity contribution in [2.45, 2.75) is 18.4 Å². The number of hydrogen-bond donors (Lipinski definition) is 2. The first kappa shape index (κ1) is 18.7. The van der Waals surface area contributed by atoms with Crippen LogP contribution in [0.25, 0.3) is 0 Å². The summed E-state index contributed by atoms with van der Waals surface area (Å²) in [6.07, 6.45) is 11.5. The fraction of sp³-hybridized carbons (Fsp3) is 0.115. The number of aromatic hydroxyl groups is 2. The highest BCUT2D eigenvalue weighted by atomic mass is 16.6. The number of carbonyl (C=O) groups excluding carboxylic acids is 1. The minimum Gasteiger partial charge on any atom is -0.508 e. The fourth-order valence-electron chi connectivity index (χ4n) is 4.54. The molecular formula is C26H16O5. The largest absolute Gasteiger partial charge is 0.508 e. The van der Waals surface area contributed by atoms with Crippen LogP contribution in [0.1, 0.15) is 38.2 Å². The zero-order chi connectivity index (χ0) is 21.8. The molecule has 0 saturated heterocycles. The van der Waals surface area contributed by atoms with Crippen molar-refractivity contribution in [2.75, 3.05) is 0 Å². The van der Waals surface area contributed by atoms with Crippen molar-refractivity contribution in [1.82, 2.24) is 0 Å². The molecule has 2 aliphatic heterocycles. The van der Waals surface area contributed by atoms with Crippen LogP contribution < -0.4 is 4.74 Å². The van der Waals surface area contributed by atoms with E-state index in [0.29, 0.717) is 39.1 Å². The number of benzene rings is 3. The van der Waals surface area contributed by atoms with E-state index in [2.05, 4.69) is 11.8 Å². The summed E-state index contributed by atoms with van der Waals surface area (Å²) >= 11 is 0. The van der Waals surface area contributed by atoms with Crippen molar-refractivity contribution < 1.29 is 24.5 Å². The molecular weight excluding hydrogens is 392 g/mol. The second kappa shape index (κ2) is 6.58. The van der Waals surface area contributed by atoms with E-state index in [1.54, 1.807) is 18.2 Å². The molecule has 2 N–H and O–H groups in total. The third-order valence-corrected chi connectivity index (χ3v) is 5.74. The molecule has 3 aromatic rings. The predicted octanol–water partition coefficient (Wildman–Crippen LogP) is 4.02. The van der Waals surface area contributed by atoms with Crippen LogP contribution in [0, 0.1) is 24.7 Å². The topological polar surface area (TPSA) is 76.0 Å². The molecule has 0 bridgehead atoms. The van der Waals surface area contributed by atoms with Crippen LogP contribution >= 0.6 is 0 Å². The van der Waals surface area contributed by atoms with E-state index in [0.717, 1.165) is 0 Å². The summed E-state index contributed by atoms with van der Waals surface area (Å²) in [6, 6.07) is 13.2. The molecule has 0 aromatic heterocycles. The van der Waals surface area contributed by atoms with Crippen molar-refractivity contribution in [2.24, 2.45) is 0 Å². The van der Waals surface area contributed by atoms with Gasteiger partial charge in [-0.1, -0.05) is 18.2 Å². The van der Waals surface area contributed by atoms with Gasteiger partial charge in [0.1, 0.15) is 23.0 Å². The molecule has 0 saturated carbocycles. The monoisotopic (exact) mass is 408 g/mol. The molecule has 0 aliphatic carbocycles. The normalized spacial score (nSPS) is 17.5. The van der Waals surface area contributed by atoms with Gasteiger partial charge in [0.25, 0.3) is 0 Å². The average Bonchev–Trinajstić information content (AvgIpc) is 3.03. The molecule has 31 heavy (non-hydrogen) atoms. The lowest BCUT2D eigenvalue weighted by molar-refractivity contribution is 0.0221. The molecule has 2 aliphatic rings. The molecule has 150 valence electrons. The number of phenols is 2. The summed E-state index contributed by atoms with van der Waals surface area (Å²) in [5.41, 5.74) is 1.85. The summed E-state index contributed by atoms with van der Waals surface area (Å²) in [4.78, 5) is 12.9. The third-order valence-electron chi connectivity index (χ3n) is 5.74. The van der Waals surface area contributed by atoms with Crippen molar-refractivity contribution in [3.8, 4) is 47.7 Å². The molecule has 5 nitrogen and oxygen atoms in total. The van der Waals surface area contributed by atoms with Crippen LogP contribution in [0.15, 0.2) is 48.5 Å². The number of hydrogen-bond acceptors (Lipinski definition) is 5. The third kappa shape index (κ3) is 2.44. The maximum atomic E-state index is 12.9. The Morgan fingerprint density at radius 2 is 1.65 bits per heavy atom. The Labute approximate surface area is 178 Å². The van der Waals surface area contributed by atoms with Crippen molar-refractivity contribution in [1.29, 1.82) is 0 Å². The number of ether oxygens (including phenoxy) is 2. The smallest absolute Gasteiger partial charge is 0.340 e. The molecule has 2 heterocycles. The average molecular weight is 408 g/mol. The highest BCUT2D eigenvalue weighted by Crippen LogP contribution is 2.58. The zero-order valence-electron chi connectivity index (χ0n) is 16.3. The molecule has 5 heteroatoms. The van der Waals surface area contributed by atoms with Crippen molar-refractivity contribution in [3.05, 3.63) is 81.9 Å². The van der Waals surface area contributed by atoms with Crippen molar-refractivity contribution >= 4 is 5.97 Å². The molecule has 0 radical (unpaired) electrons. The minimum absolute atomic E-state index is 0.00743. The Kier molecular flexibility index (Phi) is 3.96. The first-order valence-corrected chi connectivity index (χ1v) is 9.60. The standard InChI is InChI=1S/C26H16O5/c1-3-7-16-17(8-4-2)24-23(14-21(16)28)30-22-13-15(27)11-12-20(22)26(24)19-10-6-5-9-18(19)25(29)31-26/h1-2,5-6,9-14,27-28H,7-8H2. The Balaban J connectivity index is 1.96. The lowest BCUT2D eigenvalue weighted by atomic mass is 9.74. The number of terminal acetylenes is 2. The van der Waals surface area contributed by atoms with Gasteiger partial charge >= 0.3 is 5.97 Å². The van der Waals surface area contributed by atoms with E-state index in [1.165, 1.54) is 18.2 Å². The van der Waals surface area contributed by atoms with E-state index in [-0.39, 0.29) is 30.1 Å². The number of fused-ring (bicyclic) bond motifs is 6. The quantitative estimate of drug-likeness (QED) is 0.495. The number of esters is 1. The van der Waals surface area contributed by atoms with Crippen LogP contribution in [-0.2, 0) is 23.2 Å². The SMILES string of the molecule is C#CCc1c(O)cc2c(c1CC#C)C1(OC(=O)c3ccccc31)c1ccc(O)cc1O2. The highest BCUT2D eigenvalue weighted by molar-refractivity contribution is 5.97. The Bertz CT molecular complexity index is 1360. The summed E-state index contributed by atoms with van der Waals surface area (Å²) in [7, 11) is 0. The Morgan fingerprint density at radius 3 is 2.42 bits per heavy atom. The van der Waals surface area contributed by atoms with E-state index in [1.807, 2.05) is 12.1 Å². The zero-order valence-corrected chi connectivity index (χ0v) is 16.3. The van der Waals surface area contributed by atoms with Crippen LogP contribution in [0.3, 0.4) is 0 Å². The molecule has 0 amide bonds. The molecule has 3 aromatic carbocycles. The summed E-state index contributed by atoms with van der Waals surface area (Å²) in [5.74, 6) is 5.22. The number of phenolic OH excluding ortho intramolecular Hbond substituents is 2. The van der Waals surface area contributed by atoms with Gasteiger partial charge in [0.2, 0.25) is 0 Å². The summed E-state index contributed by atoms with van der Waals surface area (Å²) < 4.78 is 12.2. The van der Waals surface area contributed by atoms with Gasteiger partial charge in [0.05, 0.1) is 11.1 Å². The molecule has 0 fully saturated rings. The van der Waals surface area contributed by atoms with Gasteiger partial charge in [-0.25, -0.2) is 4.79 Å². The van der Waals surface area contributed by atoms with Gasteiger partial charge in [-0.2, -0.15) is 0 Å². The fourth-order valence-corrected chi connectivity index (χ4v) is 4.54. The van der Waals surface area contributed by atoms with Gasteiger partial charge < -0.3 is 19.7 Å². The maximum Gasteiger partial charge on any atom is 0.340 e. The van der Waals surface area contributed by atoms with Gasteiger partial charge in [0, 0.05) is 41.7 Å². The minimum atomic E-state index is -1.35. The van der Waals surface area contributed by atoms with Crippen LogP contribution in [0.4, 0.5) is 0 Å². The summed E-state index contributed by atoms with van der Waals surface area (Å²) in [6.45, 7) is 0. The second-order valence-electron chi connectivity index (χ2n) is 7.39. The van der Waals surface area contributed by atoms with Crippen molar-refractivity contribution in [3.63, 3.8) is 0 Å². The Morgan fingerprint density at radius 1 is 0.903 bits per heavy atom. The second-order valence-corrected chi connectivity index (χ2v) is 7.39. The van der Waals surface area contributed by atoms with Gasteiger partial charge in [-0.05, 0) is 23.8 Å². The van der Waals surface area contributed by atoms with E-state index in [4.69, 9.17) is 22.3 Å².